The van der Waals surface area contributed by atoms with E-state index in [1.807, 2.05) is 31.2 Å². The number of hydrogen-bond donors (Lipinski definition) is 1. The topological polar surface area (TPSA) is 66.0 Å². The molecule has 0 amide bonds. The Balaban J connectivity index is 1.84. The van der Waals surface area contributed by atoms with Gasteiger partial charge < -0.3 is 10.5 Å². The van der Waals surface area contributed by atoms with E-state index < -0.39 is 0 Å². The summed E-state index contributed by atoms with van der Waals surface area (Å²) in [5.74, 6) is 1.48. The van der Waals surface area contributed by atoms with E-state index in [4.69, 9.17) is 10.5 Å². The third-order valence-corrected chi connectivity index (χ3v) is 2.84. The molecule has 0 radical (unpaired) electrons. The van der Waals surface area contributed by atoms with Gasteiger partial charge in [-0.3, -0.25) is 0 Å². The molecule has 1 aromatic carbocycles. The fourth-order valence-corrected chi connectivity index (χ4v) is 1.82. The molecular weight excluding hydrogens is 296 g/mol. The van der Waals surface area contributed by atoms with Crippen molar-refractivity contribution in [3.05, 3.63) is 40.9 Å². The number of aromatic nitrogens is 3. The van der Waals surface area contributed by atoms with Crippen LogP contribution in [0.25, 0.3) is 0 Å². The van der Waals surface area contributed by atoms with Crippen molar-refractivity contribution in [1.82, 2.24) is 14.8 Å². The monoisotopic (exact) mass is 310 g/mol. The van der Waals surface area contributed by atoms with E-state index in [1.165, 1.54) is 0 Å². The molecule has 0 aliphatic carbocycles. The first-order chi connectivity index (χ1) is 8.65. The first-order valence-electron chi connectivity index (χ1n) is 5.68. The normalized spacial score (nSPS) is 12.4. The van der Waals surface area contributed by atoms with Crippen molar-refractivity contribution >= 4 is 15.9 Å². The van der Waals surface area contributed by atoms with Gasteiger partial charge in [-0.05, 0) is 25.1 Å². The average Bonchev–Trinajstić information content (AvgIpc) is 2.78. The van der Waals surface area contributed by atoms with Gasteiger partial charge in [-0.25, -0.2) is 9.67 Å². The van der Waals surface area contributed by atoms with Crippen LogP contribution < -0.4 is 10.5 Å². The number of benzene rings is 1. The smallest absolute Gasteiger partial charge is 0.166 e. The van der Waals surface area contributed by atoms with E-state index in [-0.39, 0.29) is 6.04 Å². The Morgan fingerprint density at radius 1 is 1.50 bits per heavy atom. The quantitative estimate of drug-likeness (QED) is 0.919. The van der Waals surface area contributed by atoms with Gasteiger partial charge in [-0.2, -0.15) is 5.10 Å². The summed E-state index contributed by atoms with van der Waals surface area (Å²) in [6.45, 7) is 3.04. The van der Waals surface area contributed by atoms with Crippen molar-refractivity contribution in [2.75, 3.05) is 6.61 Å². The van der Waals surface area contributed by atoms with E-state index >= 15 is 0 Å². The first kappa shape index (κ1) is 13.0. The highest BCUT2D eigenvalue weighted by molar-refractivity contribution is 9.10. The second kappa shape index (κ2) is 5.97. The number of nitrogens with zero attached hydrogens (tertiary/aromatic N) is 3. The maximum absolute atomic E-state index is 5.69. The Hall–Kier alpha value is -1.40. The molecule has 0 aliphatic rings. The number of nitrogens with two attached hydrogens (primary N) is 1. The minimum atomic E-state index is -0.141. The van der Waals surface area contributed by atoms with Crippen LogP contribution in [0.2, 0.25) is 0 Å². The highest BCUT2D eigenvalue weighted by Crippen LogP contribution is 2.17. The Kier molecular flexibility index (Phi) is 4.33. The third kappa shape index (κ3) is 3.54. The maximum Gasteiger partial charge on any atom is 0.166 e. The average molecular weight is 311 g/mol. The maximum atomic E-state index is 5.69. The molecule has 2 aromatic rings. The Labute approximate surface area is 114 Å². The lowest BCUT2D eigenvalue weighted by Crippen LogP contribution is -2.11. The summed E-state index contributed by atoms with van der Waals surface area (Å²) >= 11 is 3.40. The SMILES string of the molecule is CC(N)c1ncn(CCOc2cccc(Br)c2)n1. The van der Waals surface area contributed by atoms with Gasteiger partial charge in [-0.15, -0.1) is 0 Å². The number of hydrogen-bond acceptors (Lipinski definition) is 4. The van der Waals surface area contributed by atoms with Crippen LogP contribution in [0.5, 0.6) is 5.75 Å². The summed E-state index contributed by atoms with van der Waals surface area (Å²) < 4.78 is 8.34. The Morgan fingerprint density at radius 2 is 2.33 bits per heavy atom. The molecule has 0 aliphatic heterocycles. The van der Waals surface area contributed by atoms with Gasteiger partial charge in [0, 0.05) is 4.47 Å². The largest absolute Gasteiger partial charge is 0.492 e. The van der Waals surface area contributed by atoms with Gasteiger partial charge in [0.25, 0.3) is 0 Å². The summed E-state index contributed by atoms with van der Waals surface area (Å²) in [6, 6.07) is 7.59. The number of ether oxygens (including phenoxy) is 1. The van der Waals surface area contributed by atoms with Crippen LogP contribution in [0.3, 0.4) is 0 Å². The summed E-state index contributed by atoms with van der Waals surface area (Å²) in [5.41, 5.74) is 5.69. The molecule has 0 saturated carbocycles. The van der Waals surface area contributed by atoms with Gasteiger partial charge in [-0.1, -0.05) is 22.0 Å². The van der Waals surface area contributed by atoms with Crippen molar-refractivity contribution in [3.8, 4) is 5.75 Å². The third-order valence-electron chi connectivity index (χ3n) is 2.35. The molecule has 96 valence electrons. The zero-order valence-corrected chi connectivity index (χ0v) is 11.7. The molecule has 18 heavy (non-hydrogen) atoms. The predicted molar refractivity (Wildman–Crippen MR) is 72.3 cm³/mol. The number of rotatable bonds is 5. The van der Waals surface area contributed by atoms with Crippen molar-refractivity contribution in [2.24, 2.45) is 5.73 Å². The summed E-state index contributed by atoms with van der Waals surface area (Å²) in [5, 5.41) is 4.25. The molecular formula is C12H15BrN4O. The minimum Gasteiger partial charge on any atom is -0.492 e. The van der Waals surface area contributed by atoms with E-state index in [9.17, 15) is 0 Å². The van der Waals surface area contributed by atoms with Crippen LogP contribution >= 0.6 is 15.9 Å². The molecule has 0 spiro atoms. The molecule has 0 saturated heterocycles. The lowest BCUT2D eigenvalue weighted by atomic mass is 10.3. The molecule has 1 atom stereocenters. The zero-order valence-electron chi connectivity index (χ0n) is 10.1. The van der Waals surface area contributed by atoms with Crippen LogP contribution in [-0.2, 0) is 6.54 Å². The molecule has 2 rings (SSSR count). The Bertz CT molecular complexity index is 512. The molecule has 6 heteroatoms. The Morgan fingerprint density at radius 3 is 3.00 bits per heavy atom. The van der Waals surface area contributed by atoms with E-state index in [1.54, 1.807) is 11.0 Å². The second-order valence-corrected chi connectivity index (χ2v) is 4.88. The summed E-state index contributed by atoms with van der Waals surface area (Å²) in [6.07, 6.45) is 1.67. The fraction of sp³-hybridized carbons (Fsp3) is 0.333. The van der Waals surface area contributed by atoms with Gasteiger partial charge in [0.05, 0.1) is 12.6 Å². The van der Waals surface area contributed by atoms with Crippen LogP contribution in [-0.4, -0.2) is 21.4 Å². The van der Waals surface area contributed by atoms with E-state index in [0.29, 0.717) is 19.0 Å². The molecule has 1 aromatic heterocycles. The first-order valence-corrected chi connectivity index (χ1v) is 6.48. The lowest BCUT2D eigenvalue weighted by Gasteiger charge is -2.06. The van der Waals surface area contributed by atoms with Crippen molar-refractivity contribution in [1.29, 1.82) is 0 Å². The van der Waals surface area contributed by atoms with Crippen LogP contribution in [0.4, 0.5) is 0 Å². The number of halogens is 1. The standard InChI is InChI=1S/C12H15BrN4O/c1-9(14)12-15-8-17(16-12)5-6-18-11-4-2-3-10(13)7-11/h2-4,7-9H,5-6,14H2,1H3. The van der Waals surface area contributed by atoms with Crippen LogP contribution in [0.1, 0.15) is 18.8 Å². The predicted octanol–water partition coefficient (Wildman–Crippen LogP) is 2.14. The summed E-state index contributed by atoms with van der Waals surface area (Å²) in [7, 11) is 0. The molecule has 2 N–H and O–H groups in total. The van der Waals surface area contributed by atoms with Gasteiger partial charge in [0.15, 0.2) is 5.82 Å². The fourth-order valence-electron chi connectivity index (χ4n) is 1.44. The highest BCUT2D eigenvalue weighted by atomic mass is 79.9. The molecule has 1 heterocycles. The lowest BCUT2D eigenvalue weighted by molar-refractivity contribution is 0.290. The minimum absolute atomic E-state index is 0.141. The second-order valence-electron chi connectivity index (χ2n) is 3.96. The van der Waals surface area contributed by atoms with Crippen LogP contribution in [0, 0.1) is 0 Å². The highest BCUT2D eigenvalue weighted by Gasteiger charge is 2.05. The molecule has 1 unspecified atom stereocenters. The zero-order chi connectivity index (χ0) is 13.0. The van der Waals surface area contributed by atoms with Gasteiger partial charge >= 0.3 is 0 Å². The van der Waals surface area contributed by atoms with Crippen molar-refractivity contribution in [3.63, 3.8) is 0 Å². The van der Waals surface area contributed by atoms with Gasteiger partial charge in [0.2, 0.25) is 0 Å². The summed E-state index contributed by atoms with van der Waals surface area (Å²) in [4.78, 5) is 4.12. The molecule has 5 nitrogen and oxygen atoms in total. The van der Waals surface area contributed by atoms with E-state index in [2.05, 4.69) is 26.0 Å². The van der Waals surface area contributed by atoms with Gasteiger partial charge in [0.1, 0.15) is 18.7 Å². The van der Waals surface area contributed by atoms with E-state index in [0.717, 1.165) is 10.2 Å². The molecule has 0 bridgehead atoms. The molecule has 0 fully saturated rings. The van der Waals surface area contributed by atoms with Crippen molar-refractivity contribution < 1.29 is 4.74 Å². The van der Waals surface area contributed by atoms with Crippen LogP contribution in [0.15, 0.2) is 35.1 Å². The van der Waals surface area contributed by atoms with Crippen molar-refractivity contribution in [2.45, 2.75) is 19.5 Å².